The van der Waals surface area contributed by atoms with Crippen LogP contribution in [0.5, 0.6) is 0 Å². The van der Waals surface area contributed by atoms with Crippen LogP contribution in [0.25, 0.3) is 0 Å². The average molecular weight is 170 g/mol. The SMILES string of the molecule is C=CCN1CCC(O)C1C(N)=O. The molecule has 0 saturated carbocycles. The monoisotopic (exact) mass is 170 g/mol. The van der Waals surface area contributed by atoms with E-state index in [1.54, 1.807) is 6.08 Å². The minimum absolute atomic E-state index is 0.457. The summed E-state index contributed by atoms with van der Waals surface area (Å²) in [6, 6.07) is -0.525. The van der Waals surface area contributed by atoms with Crippen molar-refractivity contribution in [3.63, 3.8) is 0 Å². The van der Waals surface area contributed by atoms with Gasteiger partial charge in [0, 0.05) is 13.1 Å². The highest BCUT2D eigenvalue weighted by Crippen LogP contribution is 2.16. The Kier molecular flexibility index (Phi) is 2.83. The first-order chi connectivity index (χ1) is 5.66. The summed E-state index contributed by atoms with van der Waals surface area (Å²) in [5.74, 6) is -0.457. The molecule has 4 nitrogen and oxygen atoms in total. The third-order valence-corrected chi connectivity index (χ3v) is 2.13. The van der Waals surface area contributed by atoms with Gasteiger partial charge in [0.2, 0.25) is 5.91 Å². The second kappa shape index (κ2) is 3.69. The van der Waals surface area contributed by atoms with Crippen molar-refractivity contribution in [1.29, 1.82) is 0 Å². The van der Waals surface area contributed by atoms with E-state index < -0.39 is 18.1 Å². The van der Waals surface area contributed by atoms with Crippen molar-refractivity contribution in [3.8, 4) is 0 Å². The van der Waals surface area contributed by atoms with Crippen LogP contribution in [0, 0.1) is 0 Å². The van der Waals surface area contributed by atoms with E-state index >= 15 is 0 Å². The van der Waals surface area contributed by atoms with Gasteiger partial charge in [-0.15, -0.1) is 6.58 Å². The maximum absolute atomic E-state index is 10.9. The molecule has 0 bridgehead atoms. The van der Waals surface area contributed by atoms with Gasteiger partial charge < -0.3 is 10.8 Å². The third kappa shape index (κ3) is 1.65. The molecule has 4 heteroatoms. The van der Waals surface area contributed by atoms with Crippen molar-refractivity contribution >= 4 is 5.91 Å². The summed E-state index contributed by atoms with van der Waals surface area (Å²) in [4.78, 5) is 12.7. The van der Waals surface area contributed by atoms with Crippen molar-refractivity contribution in [3.05, 3.63) is 12.7 Å². The molecule has 12 heavy (non-hydrogen) atoms. The van der Waals surface area contributed by atoms with E-state index in [0.29, 0.717) is 19.5 Å². The second-order valence-electron chi connectivity index (χ2n) is 2.99. The number of aliphatic hydroxyl groups is 1. The average Bonchev–Trinajstić information content (AvgIpc) is 2.32. The molecule has 0 spiro atoms. The summed E-state index contributed by atoms with van der Waals surface area (Å²) in [7, 11) is 0. The number of nitrogens with two attached hydrogens (primary N) is 1. The Morgan fingerprint density at radius 2 is 2.50 bits per heavy atom. The lowest BCUT2D eigenvalue weighted by Gasteiger charge is -2.21. The molecule has 68 valence electrons. The number of hydrogen-bond acceptors (Lipinski definition) is 3. The quantitative estimate of drug-likeness (QED) is 0.539. The van der Waals surface area contributed by atoms with Gasteiger partial charge in [0.05, 0.1) is 6.10 Å². The fourth-order valence-electron chi connectivity index (χ4n) is 1.58. The molecule has 0 aliphatic carbocycles. The molecular formula is C8H14N2O2. The van der Waals surface area contributed by atoms with Crippen molar-refractivity contribution in [2.75, 3.05) is 13.1 Å². The zero-order valence-electron chi connectivity index (χ0n) is 6.94. The van der Waals surface area contributed by atoms with Crippen LogP contribution in [0.15, 0.2) is 12.7 Å². The number of rotatable bonds is 3. The maximum Gasteiger partial charge on any atom is 0.237 e. The van der Waals surface area contributed by atoms with Gasteiger partial charge in [-0.05, 0) is 6.42 Å². The number of hydrogen-bond donors (Lipinski definition) is 2. The van der Waals surface area contributed by atoms with Gasteiger partial charge in [-0.1, -0.05) is 6.08 Å². The predicted molar refractivity (Wildman–Crippen MR) is 45.4 cm³/mol. The number of carbonyl (C=O) groups excluding carboxylic acids is 1. The molecule has 1 aliphatic rings. The van der Waals surface area contributed by atoms with Crippen molar-refractivity contribution in [2.45, 2.75) is 18.6 Å². The predicted octanol–water partition coefficient (Wildman–Crippen LogP) is -0.907. The normalized spacial score (nSPS) is 30.4. The van der Waals surface area contributed by atoms with Crippen LogP contribution in [-0.4, -0.2) is 41.1 Å². The minimum atomic E-state index is -0.609. The second-order valence-corrected chi connectivity index (χ2v) is 2.99. The number of amides is 1. The number of nitrogens with zero attached hydrogens (tertiary/aromatic N) is 1. The zero-order chi connectivity index (χ0) is 9.14. The molecular weight excluding hydrogens is 156 g/mol. The maximum atomic E-state index is 10.9. The molecule has 1 saturated heterocycles. The third-order valence-electron chi connectivity index (χ3n) is 2.13. The van der Waals surface area contributed by atoms with Crippen LogP contribution in [0.2, 0.25) is 0 Å². The summed E-state index contributed by atoms with van der Waals surface area (Å²) < 4.78 is 0. The van der Waals surface area contributed by atoms with Crippen LogP contribution in [0.1, 0.15) is 6.42 Å². The van der Waals surface area contributed by atoms with Crippen LogP contribution in [0.3, 0.4) is 0 Å². The lowest BCUT2D eigenvalue weighted by Crippen LogP contribution is -2.45. The minimum Gasteiger partial charge on any atom is -0.391 e. The summed E-state index contributed by atoms with van der Waals surface area (Å²) >= 11 is 0. The van der Waals surface area contributed by atoms with Crippen molar-refractivity contribution in [1.82, 2.24) is 4.90 Å². The van der Waals surface area contributed by atoms with E-state index in [0.717, 1.165) is 0 Å². The highest BCUT2D eigenvalue weighted by Gasteiger charge is 2.35. The van der Waals surface area contributed by atoms with Crippen LogP contribution >= 0.6 is 0 Å². The Labute approximate surface area is 71.7 Å². The van der Waals surface area contributed by atoms with Crippen molar-refractivity contribution in [2.24, 2.45) is 5.73 Å². The Morgan fingerprint density at radius 3 is 3.00 bits per heavy atom. The number of aliphatic hydroxyl groups excluding tert-OH is 1. The number of primary amides is 1. The van der Waals surface area contributed by atoms with Gasteiger partial charge in [-0.25, -0.2) is 0 Å². The molecule has 0 aromatic rings. The Hall–Kier alpha value is -0.870. The first kappa shape index (κ1) is 9.22. The van der Waals surface area contributed by atoms with E-state index in [1.165, 1.54) is 0 Å². The summed E-state index contributed by atoms with van der Waals surface area (Å²) in [5.41, 5.74) is 5.13. The first-order valence-corrected chi connectivity index (χ1v) is 3.99. The fraction of sp³-hybridized carbons (Fsp3) is 0.625. The molecule has 0 radical (unpaired) electrons. The topological polar surface area (TPSA) is 66.6 Å². The Balaban J connectivity index is 2.63. The largest absolute Gasteiger partial charge is 0.391 e. The van der Waals surface area contributed by atoms with E-state index in [-0.39, 0.29) is 0 Å². The van der Waals surface area contributed by atoms with E-state index in [1.807, 2.05) is 4.90 Å². The van der Waals surface area contributed by atoms with Gasteiger partial charge in [-0.2, -0.15) is 0 Å². The number of likely N-dealkylation sites (tertiary alicyclic amines) is 1. The molecule has 2 atom stereocenters. The van der Waals surface area contributed by atoms with Gasteiger partial charge in [-0.3, -0.25) is 9.69 Å². The van der Waals surface area contributed by atoms with Gasteiger partial charge in [0.1, 0.15) is 6.04 Å². The summed E-state index contributed by atoms with van der Waals surface area (Å²) in [6.45, 7) is 4.88. The van der Waals surface area contributed by atoms with E-state index in [4.69, 9.17) is 5.73 Å². The fourth-order valence-corrected chi connectivity index (χ4v) is 1.58. The molecule has 1 rings (SSSR count). The molecule has 3 N–H and O–H groups in total. The summed E-state index contributed by atoms with van der Waals surface area (Å²) in [5, 5.41) is 9.38. The van der Waals surface area contributed by atoms with Crippen LogP contribution in [-0.2, 0) is 4.79 Å². The Morgan fingerprint density at radius 1 is 1.83 bits per heavy atom. The van der Waals surface area contributed by atoms with Gasteiger partial charge in [0.25, 0.3) is 0 Å². The lowest BCUT2D eigenvalue weighted by molar-refractivity contribution is -0.124. The van der Waals surface area contributed by atoms with E-state index in [2.05, 4.69) is 6.58 Å². The molecule has 0 aromatic heterocycles. The van der Waals surface area contributed by atoms with Crippen LogP contribution < -0.4 is 5.73 Å². The molecule has 1 aliphatic heterocycles. The first-order valence-electron chi connectivity index (χ1n) is 3.99. The standard InChI is InChI=1S/C8H14N2O2/c1-2-4-10-5-3-6(11)7(10)8(9)12/h2,6-7,11H,1,3-5H2,(H2,9,12). The lowest BCUT2D eigenvalue weighted by atomic mass is 10.1. The molecule has 2 unspecified atom stereocenters. The smallest absolute Gasteiger partial charge is 0.237 e. The number of carbonyl (C=O) groups is 1. The van der Waals surface area contributed by atoms with Crippen LogP contribution in [0.4, 0.5) is 0 Å². The zero-order valence-corrected chi connectivity index (χ0v) is 6.94. The van der Waals surface area contributed by atoms with Gasteiger partial charge in [0.15, 0.2) is 0 Å². The highest BCUT2D eigenvalue weighted by molar-refractivity contribution is 5.81. The molecule has 1 heterocycles. The summed E-state index contributed by atoms with van der Waals surface area (Å²) in [6.07, 6.45) is 1.71. The highest BCUT2D eigenvalue weighted by atomic mass is 16.3. The molecule has 0 aromatic carbocycles. The van der Waals surface area contributed by atoms with Crippen molar-refractivity contribution < 1.29 is 9.90 Å². The Bertz CT molecular complexity index is 193. The molecule has 1 amide bonds. The van der Waals surface area contributed by atoms with Gasteiger partial charge >= 0.3 is 0 Å². The molecule has 1 fully saturated rings. The van der Waals surface area contributed by atoms with E-state index in [9.17, 15) is 9.90 Å².